The molecule has 0 radical (unpaired) electrons. The lowest BCUT2D eigenvalue weighted by Crippen LogP contribution is -2.33. The number of β-amino-alcohol motifs (C(OH)–C–C–N with tert-alkyl or cyclic N) is 1. The number of fused-ring (bicyclic) bond motifs is 5. The summed E-state index contributed by atoms with van der Waals surface area (Å²) in [6.45, 7) is 4.03. The fraction of sp³-hybridized carbons (Fsp3) is 0.432. The van der Waals surface area contributed by atoms with Crippen LogP contribution in [0.5, 0.6) is 0 Å². The minimum Gasteiger partial charge on any atom is -0.748 e. The van der Waals surface area contributed by atoms with Crippen LogP contribution >= 0.6 is 0 Å². The summed E-state index contributed by atoms with van der Waals surface area (Å²) in [6.07, 6.45) is 12.2. The van der Waals surface area contributed by atoms with Gasteiger partial charge in [-0.25, -0.2) is 25.3 Å². The van der Waals surface area contributed by atoms with Crippen LogP contribution in [0.2, 0.25) is 0 Å². The largest absolute Gasteiger partial charge is 0.748 e. The molecule has 2 unspecified atom stereocenters. The summed E-state index contributed by atoms with van der Waals surface area (Å²) < 4.78 is 107. The highest BCUT2D eigenvalue weighted by molar-refractivity contribution is 7.86. The average Bonchev–Trinajstić information content (AvgIpc) is 3.64. The fourth-order valence-electron chi connectivity index (χ4n) is 8.68. The molecule has 2 aliphatic heterocycles. The van der Waals surface area contributed by atoms with Crippen molar-refractivity contribution in [3.8, 4) is 0 Å². The van der Waals surface area contributed by atoms with Gasteiger partial charge in [-0.1, -0.05) is 23.8 Å². The van der Waals surface area contributed by atoms with Gasteiger partial charge in [0.05, 0.1) is 42.1 Å². The van der Waals surface area contributed by atoms with E-state index in [1.165, 1.54) is 18.2 Å². The highest BCUT2D eigenvalue weighted by Crippen LogP contribution is 2.62. The van der Waals surface area contributed by atoms with Crippen LogP contribution in [0, 0.1) is 6.92 Å². The molecule has 2 heterocycles. The quantitative estimate of drug-likeness (QED) is 0.272. The molecule has 2 saturated carbocycles. The second-order valence-electron chi connectivity index (χ2n) is 14.9. The second kappa shape index (κ2) is 12.9. The molecule has 2 aromatic rings. The van der Waals surface area contributed by atoms with Crippen LogP contribution in [0.1, 0.15) is 68.6 Å². The molecule has 278 valence electrons. The lowest BCUT2D eigenvalue weighted by molar-refractivity contribution is -0.448. The Labute approximate surface area is 304 Å². The molecule has 0 bridgehead atoms. The molecule has 2 aromatic carbocycles. The number of anilines is 1. The van der Waals surface area contributed by atoms with Gasteiger partial charge in [-0.15, -0.1) is 0 Å². The van der Waals surface area contributed by atoms with Crippen molar-refractivity contribution in [1.82, 2.24) is 0 Å². The van der Waals surface area contributed by atoms with E-state index in [0.717, 1.165) is 77.0 Å². The number of allylic oxidation sites excluding steroid dienone is 8. The van der Waals surface area contributed by atoms with E-state index in [4.69, 9.17) is 0 Å². The van der Waals surface area contributed by atoms with E-state index in [2.05, 4.69) is 25.1 Å². The summed E-state index contributed by atoms with van der Waals surface area (Å²) in [5, 5.41) is 10.7. The monoisotopic (exact) mass is 768 g/mol. The Kier molecular flexibility index (Phi) is 9.12. The minimum atomic E-state index is -4.72. The summed E-state index contributed by atoms with van der Waals surface area (Å²) >= 11 is 0. The van der Waals surface area contributed by atoms with E-state index in [1.54, 1.807) is 4.90 Å². The van der Waals surface area contributed by atoms with Crippen molar-refractivity contribution in [2.24, 2.45) is 0 Å². The molecule has 0 saturated heterocycles. The number of aliphatic hydroxyl groups excluding tert-OH is 1. The van der Waals surface area contributed by atoms with Gasteiger partial charge in [0, 0.05) is 40.5 Å². The number of hydrogen-bond acceptors (Lipinski definition) is 11. The Morgan fingerprint density at radius 3 is 2.35 bits per heavy atom. The van der Waals surface area contributed by atoms with Crippen LogP contribution in [0.15, 0.2) is 88.0 Å². The summed E-state index contributed by atoms with van der Waals surface area (Å²) in [5.74, 6) is -1.52. The molecule has 3 aliphatic carbocycles. The smallest absolute Gasteiger partial charge is 0.209 e. The van der Waals surface area contributed by atoms with E-state index in [0.29, 0.717) is 24.1 Å². The Morgan fingerprint density at radius 1 is 0.923 bits per heavy atom. The number of nitrogens with zero attached hydrogens (tertiary/aromatic N) is 2. The predicted octanol–water partition coefficient (Wildman–Crippen LogP) is 3.90. The van der Waals surface area contributed by atoms with Gasteiger partial charge in [-0.3, -0.25) is 0 Å². The van der Waals surface area contributed by atoms with E-state index >= 15 is 0 Å². The lowest BCUT2D eigenvalue weighted by Gasteiger charge is -2.24. The molecule has 7 rings (SSSR count). The van der Waals surface area contributed by atoms with Crippen molar-refractivity contribution in [3.05, 3.63) is 99.8 Å². The molecule has 2 fully saturated rings. The fourth-order valence-corrected chi connectivity index (χ4v) is 10.2. The van der Waals surface area contributed by atoms with Gasteiger partial charge >= 0.3 is 0 Å². The molecule has 52 heavy (non-hydrogen) atoms. The highest BCUT2D eigenvalue weighted by atomic mass is 32.2. The normalized spacial score (nSPS) is 25.2. The third-order valence-corrected chi connectivity index (χ3v) is 13.4. The molecular weight excluding hydrogens is 729 g/mol. The summed E-state index contributed by atoms with van der Waals surface area (Å²) in [4.78, 5) is 1.40. The zero-order chi connectivity index (χ0) is 37.4. The Morgan fingerprint density at radius 2 is 1.67 bits per heavy atom. The van der Waals surface area contributed by atoms with E-state index < -0.39 is 53.4 Å². The van der Waals surface area contributed by atoms with Gasteiger partial charge in [0.25, 0.3) is 0 Å². The van der Waals surface area contributed by atoms with Crippen LogP contribution in [0.4, 0.5) is 11.4 Å². The molecule has 1 spiro atoms. The van der Waals surface area contributed by atoms with Crippen molar-refractivity contribution in [3.63, 3.8) is 0 Å². The maximum Gasteiger partial charge on any atom is 0.209 e. The SMILES string of the molecule is Cc1ccc2c(c1)C1(C)CC/C(=C\C3=CC(=C/C=C4\N(CCS(=O)(=O)[O-])c5ccc(S(=O)(=O)[O-])cc5C45CC5)/CCC3)C1=[N+]2CC(O)CS(=O)(=O)[O-]. The van der Waals surface area contributed by atoms with Crippen molar-refractivity contribution in [2.75, 3.05) is 29.5 Å². The lowest BCUT2D eigenvalue weighted by atomic mass is 9.80. The van der Waals surface area contributed by atoms with Crippen molar-refractivity contribution in [2.45, 2.75) is 80.6 Å². The van der Waals surface area contributed by atoms with Crippen LogP contribution in [-0.4, -0.2) is 85.0 Å². The summed E-state index contributed by atoms with van der Waals surface area (Å²) in [7, 11) is -13.9. The number of rotatable bonds is 10. The topological polar surface area (TPSA) is 198 Å². The van der Waals surface area contributed by atoms with Gasteiger partial charge in [-0.05, 0) is 112 Å². The molecule has 0 amide bonds. The first-order valence-electron chi connectivity index (χ1n) is 17.3. The standard InChI is InChI=1S/C37H42N2O10S3/c1-24-6-9-32-30(18-24)36(2)13-12-27(35(36)39(32)22-28(40)23-51(44,45)46)20-26-5-3-4-25(19-26)7-11-34-37(14-15-37)31-21-29(52(47,48)49)8-10-33(31)38(34)16-17-50(41,42)43/h6-11,18-21,28,40H,3-5,12-17,22-23H2,1-2H3,(H2-,41,42,43,44,45,46,47,48,49)/p-2. The first-order chi connectivity index (χ1) is 24.3. The second-order valence-corrected chi connectivity index (χ2v) is 19.2. The molecular formula is C37H40N2O10S3-2. The van der Waals surface area contributed by atoms with Gasteiger partial charge < -0.3 is 23.7 Å². The van der Waals surface area contributed by atoms with Crippen molar-refractivity contribution >= 4 is 47.4 Å². The van der Waals surface area contributed by atoms with Crippen LogP contribution < -0.4 is 4.90 Å². The molecule has 0 aromatic heterocycles. The zero-order valence-electron chi connectivity index (χ0n) is 28.9. The van der Waals surface area contributed by atoms with Crippen molar-refractivity contribution < 1.29 is 48.6 Å². The third-order valence-electron chi connectivity index (χ3n) is 11.1. The number of aliphatic hydroxyl groups is 1. The summed E-state index contributed by atoms with van der Waals surface area (Å²) in [5.41, 5.74) is 8.32. The first kappa shape index (κ1) is 36.9. The first-order valence-corrected chi connectivity index (χ1v) is 21.9. The molecule has 5 aliphatic rings. The minimum absolute atomic E-state index is 0.0336. The van der Waals surface area contributed by atoms with Crippen LogP contribution in [0.3, 0.4) is 0 Å². The van der Waals surface area contributed by atoms with Gasteiger partial charge in [-0.2, -0.15) is 4.58 Å². The maximum absolute atomic E-state index is 11.9. The van der Waals surface area contributed by atoms with Gasteiger partial charge in [0.2, 0.25) is 5.69 Å². The average molecular weight is 769 g/mol. The van der Waals surface area contributed by atoms with Crippen molar-refractivity contribution in [1.29, 1.82) is 0 Å². The van der Waals surface area contributed by atoms with Crippen LogP contribution in [-0.2, 0) is 41.2 Å². The van der Waals surface area contributed by atoms with E-state index in [1.807, 2.05) is 35.8 Å². The number of benzene rings is 2. The van der Waals surface area contributed by atoms with E-state index in [-0.39, 0.29) is 23.4 Å². The predicted molar refractivity (Wildman–Crippen MR) is 192 cm³/mol. The van der Waals surface area contributed by atoms with Gasteiger partial charge in [0.15, 0.2) is 12.3 Å². The number of hydrogen-bond donors (Lipinski definition) is 1. The molecule has 15 heteroatoms. The third kappa shape index (κ3) is 6.99. The van der Waals surface area contributed by atoms with Crippen LogP contribution in [0.25, 0.3) is 0 Å². The zero-order valence-corrected chi connectivity index (χ0v) is 31.3. The van der Waals surface area contributed by atoms with E-state index in [9.17, 15) is 44.0 Å². The maximum atomic E-state index is 11.9. The Balaban J connectivity index is 1.24. The highest BCUT2D eigenvalue weighted by Gasteiger charge is 2.56. The van der Waals surface area contributed by atoms with Gasteiger partial charge in [0.1, 0.15) is 16.2 Å². The summed E-state index contributed by atoms with van der Waals surface area (Å²) in [6, 6.07) is 10.2. The molecule has 1 N–H and O–H groups in total. The molecule has 12 nitrogen and oxygen atoms in total. The number of aryl methyl sites for hydroxylation is 1. The Bertz CT molecular complexity index is 2370. The Hall–Kier alpha value is -3.44. The molecule has 2 atom stereocenters.